The molecule has 11 rings (SSSR count). The Hall–Kier alpha value is -5.25. The van der Waals surface area contributed by atoms with E-state index < -0.39 is 40.7 Å². The number of carbonyl (C=O) groups excluding carboxylic acids is 5. The quantitative estimate of drug-likeness (QED) is 0.166. The molecule has 7 aliphatic rings. The summed E-state index contributed by atoms with van der Waals surface area (Å²) in [6.07, 6.45) is 8.78. The molecule has 0 bridgehead atoms. The second-order valence-corrected chi connectivity index (χ2v) is 21.3. The average Bonchev–Trinajstić information content (AvgIpc) is 3.86. The minimum Gasteiger partial charge on any atom is -0.370 e. The van der Waals surface area contributed by atoms with E-state index in [0.717, 1.165) is 56.4 Å². The van der Waals surface area contributed by atoms with E-state index in [2.05, 4.69) is 26.2 Å². The number of hydrogen-bond acceptors (Lipinski definition) is 8. The molecule has 3 spiro atoms. The van der Waals surface area contributed by atoms with Crippen LogP contribution >= 0.6 is 23.2 Å². The molecular formula is C50H55Cl2FN8O6. The molecule has 3 aromatic carbocycles. The molecule has 5 amide bonds. The average molecular weight is 954 g/mol. The summed E-state index contributed by atoms with van der Waals surface area (Å²) in [4.78, 5) is 85.6. The number of carbonyl (C=O) groups is 5. The smallest absolute Gasteiger partial charge is 0.329 e. The Kier molecular flexibility index (Phi) is 10.9. The molecule has 4 atom stereocenters. The fraction of sp³-hybridized carbons (Fsp3) is 0.520. The van der Waals surface area contributed by atoms with Crippen LogP contribution in [-0.2, 0) is 36.4 Å². The second-order valence-electron chi connectivity index (χ2n) is 20.4. The molecule has 352 valence electrons. The fourth-order valence-electron chi connectivity index (χ4n) is 13.5. The van der Waals surface area contributed by atoms with Gasteiger partial charge in [-0.1, -0.05) is 60.7 Å². The Bertz CT molecular complexity index is 2800. The van der Waals surface area contributed by atoms with Gasteiger partial charge in [-0.2, -0.15) is 0 Å². The standard InChI is InChI=1S/C50H55Cl2FN8O6/c1-58-38-25-31(13-15-36(38)61(47(58)67)37-16-17-39(62)56-43(37)63)60-26-48(27-60)20-22-59(23-21-48)45(65)28-8-11-30(12-9-28)54-44(64)42-40(32-6-5-7-34(52)41(32)53)50(49(57-42)18-3-2-4-19-49)33-14-10-29(51)24-35(33)55-46(50)66/h5-7,10,13-15,24-25,28,30,37,40,42,57H,2-4,8-9,11-12,16-23,26-27H2,1H3,(H,54,64)(H,55,66)(H,56,62,63)/t28?,30?,37?,40-,42+,50+/m0/s1. The number of rotatable bonds is 6. The number of imide groups is 1. The van der Waals surface area contributed by atoms with Crippen molar-refractivity contribution >= 4 is 75.1 Å². The van der Waals surface area contributed by atoms with Crippen molar-refractivity contribution in [3.8, 4) is 0 Å². The van der Waals surface area contributed by atoms with Crippen LogP contribution in [0.4, 0.5) is 15.8 Å². The van der Waals surface area contributed by atoms with Crippen molar-refractivity contribution < 1.29 is 28.4 Å². The van der Waals surface area contributed by atoms with Gasteiger partial charge in [-0.3, -0.25) is 43.7 Å². The summed E-state index contributed by atoms with van der Waals surface area (Å²) < 4.78 is 19.4. The van der Waals surface area contributed by atoms with Gasteiger partial charge >= 0.3 is 5.69 Å². The molecule has 17 heteroatoms. The second kappa shape index (κ2) is 16.5. The number of benzene rings is 3. The summed E-state index contributed by atoms with van der Waals surface area (Å²) in [6.45, 7) is 3.07. The van der Waals surface area contributed by atoms with E-state index in [1.165, 1.54) is 10.6 Å². The predicted molar refractivity (Wildman–Crippen MR) is 252 cm³/mol. The van der Waals surface area contributed by atoms with Gasteiger partial charge in [-0.15, -0.1) is 0 Å². The van der Waals surface area contributed by atoms with Gasteiger partial charge in [0, 0.05) is 84.9 Å². The highest BCUT2D eigenvalue weighted by atomic mass is 35.5. The van der Waals surface area contributed by atoms with Crippen molar-refractivity contribution in [2.45, 2.75) is 118 Å². The number of imidazole rings is 1. The number of amides is 5. The van der Waals surface area contributed by atoms with Crippen LogP contribution in [0.25, 0.3) is 11.0 Å². The number of aromatic nitrogens is 2. The van der Waals surface area contributed by atoms with E-state index >= 15 is 4.39 Å². The number of hydrogen-bond donors (Lipinski definition) is 4. The van der Waals surface area contributed by atoms with Gasteiger partial charge in [0.25, 0.3) is 0 Å². The summed E-state index contributed by atoms with van der Waals surface area (Å²) in [7, 11) is 1.70. The van der Waals surface area contributed by atoms with E-state index in [4.69, 9.17) is 23.2 Å². The Balaban J connectivity index is 0.734. The van der Waals surface area contributed by atoms with Crippen molar-refractivity contribution in [1.82, 2.24) is 30.0 Å². The van der Waals surface area contributed by atoms with Crippen LogP contribution in [0, 0.1) is 17.2 Å². The number of halogens is 3. The molecule has 14 nitrogen and oxygen atoms in total. The first-order valence-electron chi connectivity index (χ1n) is 23.9. The molecule has 6 fully saturated rings. The molecular weight excluding hydrogens is 899 g/mol. The maximum atomic E-state index is 16.4. The fourth-order valence-corrected chi connectivity index (χ4v) is 13.8. The van der Waals surface area contributed by atoms with Crippen molar-refractivity contribution in [1.29, 1.82) is 0 Å². The zero-order valence-corrected chi connectivity index (χ0v) is 39.0. The van der Waals surface area contributed by atoms with Crippen molar-refractivity contribution in [3.63, 3.8) is 0 Å². The van der Waals surface area contributed by atoms with E-state index in [0.29, 0.717) is 73.4 Å². The van der Waals surface area contributed by atoms with Gasteiger partial charge in [0.1, 0.15) is 17.3 Å². The Labute approximate surface area is 397 Å². The predicted octanol–water partition coefficient (Wildman–Crippen LogP) is 6.22. The van der Waals surface area contributed by atoms with Crippen LogP contribution in [0.3, 0.4) is 0 Å². The maximum absolute atomic E-state index is 16.4. The van der Waals surface area contributed by atoms with Crippen LogP contribution in [0.2, 0.25) is 10.0 Å². The lowest BCUT2D eigenvalue weighted by Gasteiger charge is -2.55. The van der Waals surface area contributed by atoms with Crippen LogP contribution in [0.15, 0.2) is 59.4 Å². The highest BCUT2D eigenvalue weighted by Crippen LogP contribution is 2.63. The normalized spacial score (nSPS) is 28.7. The summed E-state index contributed by atoms with van der Waals surface area (Å²) in [5, 5.41) is 12.9. The molecule has 67 heavy (non-hydrogen) atoms. The number of fused-ring (bicyclic) bond motifs is 4. The molecule has 4 aromatic rings. The minimum atomic E-state index is -1.31. The molecule has 2 saturated carbocycles. The molecule has 4 saturated heterocycles. The van der Waals surface area contributed by atoms with Gasteiger partial charge in [-0.25, -0.2) is 9.18 Å². The van der Waals surface area contributed by atoms with E-state index in [1.807, 2.05) is 29.2 Å². The number of likely N-dealkylation sites (tertiary alicyclic amines) is 1. The van der Waals surface area contributed by atoms with E-state index in [9.17, 15) is 28.8 Å². The third-order valence-corrected chi connectivity index (χ3v) is 17.4. The molecule has 5 aliphatic heterocycles. The lowest BCUT2D eigenvalue weighted by Crippen LogP contribution is -2.61. The third-order valence-electron chi connectivity index (χ3n) is 16.9. The zero-order valence-electron chi connectivity index (χ0n) is 37.5. The molecule has 4 N–H and O–H groups in total. The molecule has 2 aliphatic carbocycles. The van der Waals surface area contributed by atoms with Crippen molar-refractivity contribution in [3.05, 3.63) is 92.1 Å². The van der Waals surface area contributed by atoms with Crippen LogP contribution in [-0.4, -0.2) is 87.4 Å². The summed E-state index contributed by atoms with van der Waals surface area (Å²) in [6, 6.07) is 14.2. The Morgan fingerprint density at radius 3 is 2.31 bits per heavy atom. The highest BCUT2D eigenvalue weighted by molar-refractivity contribution is 6.31. The van der Waals surface area contributed by atoms with E-state index in [1.54, 1.807) is 35.9 Å². The number of piperidine rings is 2. The molecule has 6 heterocycles. The number of aryl methyl sites for hydroxylation is 1. The topological polar surface area (TPSA) is 167 Å². The van der Waals surface area contributed by atoms with Gasteiger partial charge in [0.15, 0.2) is 0 Å². The Morgan fingerprint density at radius 1 is 0.836 bits per heavy atom. The monoisotopic (exact) mass is 952 g/mol. The minimum absolute atomic E-state index is 0.0710. The number of anilines is 2. The molecule has 0 radical (unpaired) electrons. The number of nitrogens with zero attached hydrogens (tertiary/aromatic N) is 4. The number of nitrogens with one attached hydrogen (secondary N) is 4. The van der Waals surface area contributed by atoms with Gasteiger partial charge in [-0.05, 0) is 105 Å². The molecule has 1 aromatic heterocycles. The van der Waals surface area contributed by atoms with Gasteiger partial charge < -0.3 is 20.4 Å². The van der Waals surface area contributed by atoms with E-state index in [-0.39, 0.29) is 70.1 Å². The SMILES string of the molecule is Cn1c(=O)n(C2CCC(=O)NC2=O)c2ccc(N3CC4(CCN(C(=O)C5CCC(NC(=O)[C@@H]6NC7(CCCCC7)[C@@]7(C(=O)Nc8cc(Cl)ccc87)[C@H]6c6cccc(Cl)c6F)CC5)CC4)C3)cc21. The first-order chi connectivity index (χ1) is 32.2. The first kappa shape index (κ1) is 44.3. The lowest BCUT2D eigenvalue weighted by atomic mass is 9.55. The third kappa shape index (κ3) is 6.95. The zero-order chi connectivity index (χ0) is 46.6. The maximum Gasteiger partial charge on any atom is 0.329 e. The largest absolute Gasteiger partial charge is 0.370 e. The Morgan fingerprint density at radius 2 is 1.58 bits per heavy atom. The van der Waals surface area contributed by atoms with Crippen molar-refractivity contribution in [2.75, 3.05) is 36.4 Å². The lowest BCUT2D eigenvalue weighted by molar-refractivity contribution is -0.139. The van der Waals surface area contributed by atoms with Gasteiger partial charge in [0.2, 0.25) is 29.5 Å². The van der Waals surface area contributed by atoms with Crippen LogP contribution in [0.1, 0.15) is 107 Å². The van der Waals surface area contributed by atoms with Gasteiger partial charge in [0.05, 0.1) is 22.1 Å². The molecule has 1 unspecified atom stereocenters. The summed E-state index contributed by atoms with van der Waals surface area (Å²) >= 11 is 12.9. The highest BCUT2D eigenvalue weighted by Gasteiger charge is 2.72. The van der Waals surface area contributed by atoms with Crippen LogP contribution in [0.5, 0.6) is 0 Å². The first-order valence-corrected chi connectivity index (χ1v) is 24.7. The summed E-state index contributed by atoms with van der Waals surface area (Å²) in [5.41, 5.74) is 1.57. The van der Waals surface area contributed by atoms with Crippen LogP contribution < -0.4 is 31.9 Å². The van der Waals surface area contributed by atoms with Crippen molar-refractivity contribution in [2.24, 2.45) is 18.4 Å². The summed E-state index contributed by atoms with van der Waals surface area (Å²) in [5.74, 6) is -2.86.